The van der Waals surface area contributed by atoms with E-state index >= 15 is 0 Å². The highest BCUT2D eigenvalue weighted by atomic mass is 35.5. The fourth-order valence-electron chi connectivity index (χ4n) is 2.22. The van der Waals surface area contributed by atoms with Crippen LogP contribution in [0.4, 0.5) is 0 Å². The van der Waals surface area contributed by atoms with E-state index in [2.05, 4.69) is 81.4 Å². The number of halogens is 1. The fourth-order valence-corrected chi connectivity index (χ4v) is 2.22. The summed E-state index contributed by atoms with van der Waals surface area (Å²) in [4.78, 5) is 2.14. The molecule has 0 atom stereocenters. The zero-order chi connectivity index (χ0) is 15.2. The van der Waals surface area contributed by atoms with Crippen molar-refractivity contribution in [1.29, 1.82) is 0 Å². The summed E-state index contributed by atoms with van der Waals surface area (Å²) in [6.45, 7) is 5.86. The van der Waals surface area contributed by atoms with Gasteiger partial charge in [0, 0.05) is 6.54 Å². The summed E-state index contributed by atoms with van der Waals surface area (Å²) in [6, 6.07) is 17.2. The third-order valence-corrected chi connectivity index (χ3v) is 3.58. The Kier molecular flexibility index (Phi) is 7.60. The van der Waals surface area contributed by atoms with Crippen molar-refractivity contribution in [3.8, 4) is 0 Å². The maximum absolute atomic E-state index is 6.16. The van der Waals surface area contributed by atoms with Gasteiger partial charge in [-0.3, -0.25) is 0 Å². The van der Waals surface area contributed by atoms with Crippen molar-refractivity contribution in [3.63, 3.8) is 0 Å². The van der Waals surface area contributed by atoms with E-state index in [1.165, 1.54) is 22.3 Å². The van der Waals surface area contributed by atoms with Gasteiger partial charge in [-0.1, -0.05) is 59.7 Å². The van der Waals surface area contributed by atoms with Crippen LogP contribution in [-0.4, -0.2) is 32.1 Å². The molecule has 2 aromatic carbocycles. The average molecular weight is 320 g/mol. The van der Waals surface area contributed by atoms with Crippen molar-refractivity contribution in [2.75, 3.05) is 27.2 Å². The molecule has 2 rings (SSSR count). The van der Waals surface area contributed by atoms with Crippen molar-refractivity contribution in [2.45, 2.75) is 20.0 Å². The van der Waals surface area contributed by atoms with E-state index in [0.29, 0.717) is 0 Å². The molecular formula is C19H26ClNO. The van der Waals surface area contributed by atoms with Crippen LogP contribution < -0.4 is 0 Å². The minimum absolute atomic E-state index is 0. The molecule has 0 saturated carbocycles. The number of rotatable bonds is 6. The number of aryl methyl sites for hydroxylation is 2. The molecular weight excluding hydrogens is 294 g/mol. The highest BCUT2D eigenvalue weighted by molar-refractivity contribution is 5.85. The lowest BCUT2D eigenvalue weighted by Crippen LogP contribution is -2.20. The van der Waals surface area contributed by atoms with Crippen LogP contribution in [0.15, 0.2) is 48.5 Å². The Balaban J connectivity index is 0.00000242. The maximum atomic E-state index is 6.16. The van der Waals surface area contributed by atoms with Crippen LogP contribution in [0.5, 0.6) is 0 Å². The van der Waals surface area contributed by atoms with Gasteiger partial charge in [-0.15, -0.1) is 12.4 Å². The van der Waals surface area contributed by atoms with E-state index in [-0.39, 0.29) is 18.5 Å². The number of likely N-dealkylation sites (N-methyl/N-ethyl adjacent to an activating group) is 1. The predicted molar refractivity (Wildman–Crippen MR) is 96.0 cm³/mol. The summed E-state index contributed by atoms with van der Waals surface area (Å²) < 4.78 is 6.16. The molecule has 0 saturated heterocycles. The van der Waals surface area contributed by atoms with E-state index in [0.717, 1.165) is 13.2 Å². The maximum Gasteiger partial charge on any atom is 0.108 e. The highest BCUT2D eigenvalue weighted by Crippen LogP contribution is 2.26. The van der Waals surface area contributed by atoms with Crippen LogP contribution >= 0.6 is 12.4 Å². The first-order chi connectivity index (χ1) is 10.1. The van der Waals surface area contributed by atoms with E-state index < -0.39 is 0 Å². The second-order valence-corrected chi connectivity index (χ2v) is 5.88. The van der Waals surface area contributed by atoms with Gasteiger partial charge >= 0.3 is 0 Å². The van der Waals surface area contributed by atoms with Gasteiger partial charge in [0.25, 0.3) is 0 Å². The van der Waals surface area contributed by atoms with E-state index in [1.807, 2.05) is 0 Å². The molecule has 22 heavy (non-hydrogen) atoms. The molecule has 0 aliphatic rings. The summed E-state index contributed by atoms with van der Waals surface area (Å²) in [5.74, 6) is 0. The quantitative estimate of drug-likeness (QED) is 0.783. The van der Waals surface area contributed by atoms with Crippen molar-refractivity contribution < 1.29 is 4.74 Å². The summed E-state index contributed by atoms with van der Waals surface area (Å²) in [6.07, 6.45) is 0.00569. The monoisotopic (exact) mass is 319 g/mol. The highest BCUT2D eigenvalue weighted by Gasteiger charge is 2.14. The number of nitrogens with zero attached hydrogens (tertiary/aromatic N) is 1. The molecule has 3 heteroatoms. The Morgan fingerprint density at radius 3 is 1.59 bits per heavy atom. The molecule has 0 aromatic heterocycles. The van der Waals surface area contributed by atoms with E-state index in [1.54, 1.807) is 0 Å². The summed E-state index contributed by atoms with van der Waals surface area (Å²) in [5, 5.41) is 0. The number of hydrogen-bond donors (Lipinski definition) is 0. The zero-order valence-corrected chi connectivity index (χ0v) is 14.7. The van der Waals surface area contributed by atoms with Crippen LogP contribution in [0.1, 0.15) is 28.4 Å². The molecule has 0 aliphatic carbocycles. The van der Waals surface area contributed by atoms with Gasteiger partial charge in [0.05, 0.1) is 6.61 Å². The van der Waals surface area contributed by atoms with Gasteiger partial charge in [-0.2, -0.15) is 0 Å². The van der Waals surface area contributed by atoms with E-state index in [4.69, 9.17) is 4.74 Å². The molecule has 0 amide bonds. The molecule has 0 radical (unpaired) electrons. The first kappa shape index (κ1) is 18.7. The van der Waals surface area contributed by atoms with E-state index in [9.17, 15) is 0 Å². The Bertz CT molecular complexity index is 503. The predicted octanol–water partition coefficient (Wildman–Crippen LogP) is 4.39. The van der Waals surface area contributed by atoms with Crippen LogP contribution in [0, 0.1) is 13.8 Å². The van der Waals surface area contributed by atoms with Crippen molar-refractivity contribution in [1.82, 2.24) is 4.90 Å². The van der Waals surface area contributed by atoms with Crippen LogP contribution in [0.25, 0.3) is 0 Å². The second kappa shape index (κ2) is 8.94. The van der Waals surface area contributed by atoms with Crippen LogP contribution in [0.3, 0.4) is 0 Å². The third kappa shape index (κ3) is 5.45. The van der Waals surface area contributed by atoms with Crippen molar-refractivity contribution in [3.05, 3.63) is 70.8 Å². The van der Waals surface area contributed by atoms with Gasteiger partial charge in [0.1, 0.15) is 6.10 Å². The summed E-state index contributed by atoms with van der Waals surface area (Å²) >= 11 is 0. The second-order valence-electron chi connectivity index (χ2n) is 5.88. The van der Waals surface area contributed by atoms with Crippen LogP contribution in [-0.2, 0) is 4.74 Å². The normalized spacial score (nSPS) is 10.8. The first-order valence-corrected chi connectivity index (χ1v) is 7.46. The molecule has 0 fully saturated rings. The molecule has 0 aliphatic heterocycles. The lowest BCUT2D eigenvalue weighted by molar-refractivity contribution is 0.0687. The Morgan fingerprint density at radius 1 is 0.818 bits per heavy atom. The average Bonchev–Trinajstić information content (AvgIpc) is 2.46. The molecule has 2 nitrogen and oxygen atoms in total. The number of hydrogen-bond acceptors (Lipinski definition) is 2. The van der Waals surface area contributed by atoms with Crippen molar-refractivity contribution in [2.24, 2.45) is 0 Å². The summed E-state index contributed by atoms with van der Waals surface area (Å²) in [7, 11) is 4.13. The van der Waals surface area contributed by atoms with Gasteiger partial charge in [0.2, 0.25) is 0 Å². The largest absolute Gasteiger partial charge is 0.367 e. The lowest BCUT2D eigenvalue weighted by Gasteiger charge is -2.20. The SMILES string of the molecule is Cc1ccc(C(OCCN(C)C)c2ccc(C)cc2)cc1.Cl. The standard InChI is InChI=1S/C19H25NO.ClH/c1-15-5-9-17(10-6-15)19(21-14-13-20(3)4)18-11-7-16(2)8-12-18;/h5-12,19H,13-14H2,1-4H3;1H. The minimum atomic E-state index is 0. The van der Waals surface area contributed by atoms with Gasteiger partial charge in [-0.25, -0.2) is 0 Å². The molecule has 120 valence electrons. The smallest absolute Gasteiger partial charge is 0.108 e. The zero-order valence-electron chi connectivity index (χ0n) is 13.9. The van der Waals surface area contributed by atoms with Gasteiger partial charge < -0.3 is 9.64 Å². The Hall–Kier alpha value is -1.35. The van der Waals surface area contributed by atoms with Crippen molar-refractivity contribution >= 4 is 12.4 Å². The lowest BCUT2D eigenvalue weighted by atomic mass is 9.99. The molecule has 0 N–H and O–H groups in total. The van der Waals surface area contributed by atoms with Gasteiger partial charge in [-0.05, 0) is 39.1 Å². The minimum Gasteiger partial charge on any atom is -0.367 e. The third-order valence-electron chi connectivity index (χ3n) is 3.58. The summed E-state index contributed by atoms with van der Waals surface area (Å²) in [5.41, 5.74) is 4.97. The number of benzene rings is 2. The number of ether oxygens (including phenoxy) is 1. The first-order valence-electron chi connectivity index (χ1n) is 7.46. The Morgan fingerprint density at radius 2 is 1.23 bits per heavy atom. The molecule has 0 unspecified atom stereocenters. The fraction of sp³-hybridized carbons (Fsp3) is 0.368. The van der Waals surface area contributed by atoms with Gasteiger partial charge in [0.15, 0.2) is 0 Å². The molecule has 2 aromatic rings. The topological polar surface area (TPSA) is 12.5 Å². The van der Waals surface area contributed by atoms with Crippen LogP contribution in [0.2, 0.25) is 0 Å². The molecule has 0 spiro atoms. The molecule has 0 bridgehead atoms. The Labute approximate surface area is 140 Å². The molecule has 0 heterocycles.